The lowest BCUT2D eigenvalue weighted by molar-refractivity contribution is -0.385. The average Bonchev–Trinajstić information content (AvgIpc) is 2.67. The summed E-state index contributed by atoms with van der Waals surface area (Å²) in [6, 6.07) is 8.78. The lowest BCUT2D eigenvalue weighted by Gasteiger charge is -2.11. The smallest absolute Gasteiger partial charge is 0.276 e. The lowest BCUT2D eigenvalue weighted by Crippen LogP contribution is -2.26. The fourth-order valence-electron chi connectivity index (χ4n) is 2.51. The molecule has 9 heteroatoms. The van der Waals surface area contributed by atoms with Crippen LogP contribution in [0.2, 0.25) is 0 Å². The van der Waals surface area contributed by atoms with E-state index in [0.29, 0.717) is 11.3 Å². The quantitative estimate of drug-likeness (QED) is 0.534. The van der Waals surface area contributed by atoms with E-state index in [1.165, 1.54) is 38.5 Å². The summed E-state index contributed by atoms with van der Waals surface area (Å²) in [6.07, 6.45) is 0.206. The molecule has 0 spiro atoms. The maximum Gasteiger partial charge on any atom is 0.276 e. The first kappa shape index (κ1) is 19.7. The van der Waals surface area contributed by atoms with Gasteiger partial charge in [-0.15, -0.1) is 0 Å². The third-order valence-corrected chi connectivity index (χ3v) is 3.87. The first-order valence-electron chi connectivity index (χ1n) is 7.94. The van der Waals surface area contributed by atoms with Crippen molar-refractivity contribution in [3.63, 3.8) is 0 Å². The van der Waals surface area contributed by atoms with Gasteiger partial charge in [-0.25, -0.2) is 0 Å². The molecular formula is C18H19N3O6. The number of nitro benzene ring substituents is 1. The topological polar surface area (TPSA) is 134 Å². The molecule has 2 rings (SSSR count). The Kier molecular flexibility index (Phi) is 6.32. The molecule has 0 saturated carbocycles. The molecule has 9 nitrogen and oxygen atoms in total. The zero-order chi connectivity index (χ0) is 20.0. The van der Waals surface area contributed by atoms with Crippen molar-refractivity contribution >= 4 is 17.5 Å². The molecule has 0 heterocycles. The van der Waals surface area contributed by atoms with E-state index in [9.17, 15) is 19.7 Å². The van der Waals surface area contributed by atoms with Crippen molar-refractivity contribution in [1.82, 2.24) is 5.32 Å². The molecule has 0 aliphatic rings. The number of nitrogens with zero attached hydrogens (tertiary/aromatic N) is 1. The van der Waals surface area contributed by atoms with Gasteiger partial charge in [0.2, 0.25) is 5.91 Å². The van der Waals surface area contributed by atoms with Gasteiger partial charge in [0.15, 0.2) is 11.5 Å². The number of ether oxygens (including phenoxy) is 2. The zero-order valence-corrected chi connectivity index (χ0v) is 14.9. The highest BCUT2D eigenvalue weighted by Crippen LogP contribution is 2.34. The summed E-state index contributed by atoms with van der Waals surface area (Å²) in [4.78, 5) is 34.2. The fraction of sp³-hybridized carbons (Fsp3) is 0.222. The summed E-state index contributed by atoms with van der Waals surface area (Å²) in [7, 11) is 2.82. The molecule has 0 atom stereocenters. The summed E-state index contributed by atoms with van der Waals surface area (Å²) >= 11 is 0. The van der Waals surface area contributed by atoms with Crippen LogP contribution >= 0.6 is 0 Å². The molecule has 0 aliphatic carbocycles. The average molecular weight is 373 g/mol. The number of nitro groups is 1. The van der Waals surface area contributed by atoms with Crippen LogP contribution in [0.3, 0.4) is 0 Å². The van der Waals surface area contributed by atoms with Gasteiger partial charge in [0, 0.05) is 23.2 Å². The van der Waals surface area contributed by atoms with Gasteiger partial charge in [-0.1, -0.05) is 6.07 Å². The normalized spacial score (nSPS) is 10.1. The molecule has 0 aromatic heterocycles. The molecule has 27 heavy (non-hydrogen) atoms. The predicted molar refractivity (Wildman–Crippen MR) is 97.2 cm³/mol. The minimum absolute atomic E-state index is 0.127. The predicted octanol–water partition coefficient (Wildman–Crippen LogP) is 1.68. The maximum absolute atomic E-state index is 12.2. The number of methoxy groups -OCH3 is 2. The standard InChI is InChI=1S/C18H19N3O6/c1-26-15-9-11(14(21(24)25)10-16(15)27-2)6-7-20-18(23)13-5-3-4-12(8-13)17(19)22/h3-5,8-10H,6-7H2,1-2H3,(H2,19,22)(H,20,23). The molecule has 0 aliphatic heterocycles. The van der Waals surface area contributed by atoms with Gasteiger partial charge in [0.1, 0.15) is 0 Å². The highest BCUT2D eigenvalue weighted by Gasteiger charge is 2.19. The second kappa shape index (κ2) is 8.65. The highest BCUT2D eigenvalue weighted by molar-refractivity contribution is 5.99. The van der Waals surface area contributed by atoms with Crippen molar-refractivity contribution in [1.29, 1.82) is 0 Å². The van der Waals surface area contributed by atoms with Crippen molar-refractivity contribution in [2.45, 2.75) is 6.42 Å². The van der Waals surface area contributed by atoms with Crippen molar-refractivity contribution in [2.24, 2.45) is 5.73 Å². The molecule has 2 amide bonds. The van der Waals surface area contributed by atoms with Crippen LogP contribution in [0.25, 0.3) is 0 Å². The van der Waals surface area contributed by atoms with Crippen LogP contribution in [0.5, 0.6) is 11.5 Å². The van der Waals surface area contributed by atoms with Crippen LogP contribution in [-0.2, 0) is 6.42 Å². The zero-order valence-electron chi connectivity index (χ0n) is 14.9. The highest BCUT2D eigenvalue weighted by atomic mass is 16.6. The first-order chi connectivity index (χ1) is 12.9. The van der Waals surface area contributed by atoms with Crippen molar-refractivity contribution < 1.29 is 24.0 Å². The molecule has 2 aromatic rings. The number of nitrogens with one attached hydrogen (secondary N) is 1. The Morgan fingerprint density at radius 2 is 1.74 bits per heavy atom. The van der Waals surface area contributed by atoms with Crippen LogP contribution in [0.15, 0.2) is 36.4 Å². The second-order valence-corrected chi connectivity index (χ2v) is 5.54. The second-order valence-electron chi connectivity index (χ2n) is 5.54. The Morgan fingerprint density at radius 3 is 2.33 bits per heavy atom. The van der Waals surface area contributed by atoms with Gasteiger partial charge in [0.25, 0.3) is 11.6 Å². The Balaban J connectivity index is 2.12. The number of primary amides is 1. The molecule has 0 radical (unpaired) electrons. The van der Waals surface area contributed by atoms with E-state index >= 15 is 0 Å². The SMILES string of the molecule is COc1cc(CCNC(=O)c2cccc(C(N)=O)c2)c([N+](=O)[O-])cc1OC. The van der Waals surface area contributed by atoms with Gasteiger partial charge in [-0.05, 0) is 30.7 Å². The minimum Gasteiger partial charge on any atom is -0.493 e. The van der Waals surface area contributed by atoms with E-state index in [-0.39, 0.29) is 35.5 Å². The summed E-state index contributed by atoms with van der Waals surface area (Å²) in [6.45, 7) is 0.149. The summed E-state index contributed by atoms with van der Waals surface area (Å²) in [5.41, 5.74) is 5.96. The number of nitrogens with two attached hydrogens (primary N) is 1. The molecule has 0 saturated heterocycles. The van der Waals surface area contributed by atoms with E-state index < -0.39 is 16.7 Å². The van der Waals surface area contributed by atoms with E-state index in [1.54, 1.807) is 12.1 Å². The largest absolute Gasteiger partial charge is 0.493 e. The van der Waals surface area contributed by atoms with Gasteiger partial charge in [0.05, 0.1) is 25.2 Å². The van der Waals surface area contributed by atoms with Crippen molar-refractivity contribution in [2.75, 3.05) is 20.8 Å². The molecule has 0 unspecified atom stereocenters. The summed E-state index contributed by atoms with van der Waals surface area (Å²) in [5, 5.41) is 13.9. The van der Waals surface area contributed by atoms with Crippen LogP contribution in [-0.4, -0.2) is 37.5 Å². The number of rotatable bonds is 8. The van der Waals surface area contributed by atoms with Gasteiger partial charge in [-0.3, -0.25) is 19.7 Å². The Labute approximate surface area is 155 Å². The third-order valence-electron chi connectivity index (χ3n) is 3.87. The lowest BCUT2D eigenvalue weighted by atomic mass is 10.1. The van der Waals surface area contributed by atoms with Gasteiger partial charge >= 0.3 is 0 Å². The minimum atomic E-state index is -0.634. The molecule has 3 N–H and O–H groups in total. The van der Waals surface area contributed by atoms with Crippen LogP contribution in [0, 0.1) is 10.1 Å². The molecular weight excluding hydrogens is 354 g/mol. The van der Waals surface area contributed by atoms with Crippen LogP contribution in [0.4, 0.5) is 5.69 Å². The van der Waals surface area contributed by atoms with Gasteiger partial charge in [-0.2, -0.15) is 0 Å². The Hall–Kier alpha value is -3.62. The molecule has 2 aromatic carbocycles. The monoisotopic (exact) mass is 373 g/mol. The van der Waals surface area contributed by atoms with E-state index in [1.807, 2.05) is 0 Å². The van der Waals surface area contributed by atoms with E-state index in [0.717, 1.165) is 0 Å². The number of amides is 2. The maximum atomic E-state index is 12.2. The summed E-state index contributed by atoms with van der Waals surface area (Å²) in [5.74, 6) is -0.439. The number of hydrogen-bond donors (Lipinski definition) is 2. The number of benzene rings is 2. The number of carbonyl (C=O) groups is 2. The Bertz CT molecular complexity index is 881. The third kappa shape index (κ3) is 4.72. The van der Waals surface area contributed by atoms with Crippen molar-refractivity contribution in [3.05, 3.63) is 63.2 Å². The molecule has 142 valence electrons. The fourth-order valence-corrected chi connectivity index (χ4v) is 2.51. The molecule has 0 bridgehead atoms. The van der Waals surface area contributed by atoms with E-state index in [2.05, 4.69) is 5.32 Å². The van der Waals surface area contributed by atoms with Crippen LogP contribution in [0.1, 0.15) is 26.3 Å². The van der Waals surface area contributed by atoms with Crippen LogP contribution < -0.4 is 20.5 Å². The summed E-state index contributed by atoms with van der Waals surface area (Å²) < 4.78 is 10.2. The number of hydrogen-bond acceptors (Lipinski definition) is 6. The first-order valence-corrected chi connectivity index (χ1v) is 7.94. The van der Waals surface area contributed by atoms with Gasteiger partial charge < -0.3 is 20.5 Å². The number of carbonyl (C=O) groups excluding carboxylic acids is 2. The van der Waals surface area contributed by atoms with E-state index in [4.69, 9.17) is 15.2 Å². The molecule has 0 fully saturated rings. The Morgan fingerprint density at radius 1 is 1.11 bits per heavy atom. The van der Waals surface area contributed by atoms with Crippen molar-refractivity contribution in [3.8, 4) is 11.5 Å².